The van der Waals surface area contributed by atoms with Crippen LogP contribution in [-0.2, 0) is 9.84 Å². The molecule has 0 amide bonds. The molecule has 0 aromatic rings. The highest BCUT2D eigenvalue weighted by atomic mass is 79.9. The summed E-state index contributed by atoms with van der Waals surface area (Å²) in [4.78, 5) is 0. The monoisotopic (exact) mass is 240 g/mol. The first-order valence-corrected chi connectivity index (χ1v) is 6.41. The summed E-state index contributed by atoms with van der Waals surface area (Å²) in [5, 5.41) is 1.28. The number of sulfone groups is 1. The van der Waals surface area contributed by atoms with E-state index in [1.54, 1.807) is 6.08 Å². The van der Waals surface area contributed by atoms with Crippen molar-refractivity contribution in [1.29, 1.82) is 0 Å². The van der Waals surface area contributed by atoms with Crippen LogP contribution in [0.3, 0.4) is 0 Å². The first-order valence-electron chi connectivity index (χ1n) is 3.57. The van der Waals surface area contributed by atoms with Crippen molar-refractivity contribution in [1.82, 2.24) is 0 Å². The molecule has 0 rings (SSSR count). The van der Waals surface area contributed by atoms with Gasteiger partial charge in [-0.25, -0.2) is 8.42 Å². The normalized spacial score (nSPS) is 12.5. The molecule has 0 spiro atoms. The highest BCUT2D eigenvalue weighted by molar-refractivity contribution is 9.10. The van der Waals surface area contributed by atoms with E-state index in [1.807, 2.05) is 0 Å². The molecule has 0 aromatic carbocycles. The number of rotatable bonds is 5. The van der Waals surface area contributed by atoms with Gasteiger partial charge >= 0.3 is 0 Å². The van der Waals surface area contributed by atoms with Crippen molar-refractivity contribution in [2.24, 2.45) is 0 Å². The van der Waals surface area contributed by atoms with Gasteiger partial charge in [0.2, 0.25) is 0 Å². The van der Waals surface area contributed by atoms with E-state index < -0.39 is 9.84 Å². The average molecular weight is 241 g/mol. The zero-order valence-electron chi connectivity index (χ0n) is 6.59. The van der Waals surface area contributed by atoms with Gasteiger partial charge in [0.05, 0.1) is 0 Å². The van der Waals surface area contributed by atoms with Gasteiger partial charge < -0.3 is 0 Å². The van der Waals surface area contributed by atoms with Crippen LogP contribution >= 0.6 is 15.9 Å². The van der Waals surface area contributed by atoms with Crippen LogP contribution in [0.15, 0.2) is 11.5 Å². The summed E-state index contributed by atoms with van der Waals surface area (Å²) in [6.45, 7) is 2.08. The second-order valence-corrected chi connectivity index (χ2v) is 5.48. The highest BCUT2D eigenvalue weighted by Gasteiger charge is 1.99. The fraction of sp³-hybridized carbons (Fsp3) is 0.714. The quantitative estimate of drug-likeness (QED) is 0.547. The molecule has 11 heavy (non-hydrogen) atoms. The van der Waals surface area contributed by atoms with Crippen LogP contribution in [0, 0.1) is 0 Å². The molecule has 0 aromatic heterocycles. The van der Waals surface area contributed by atoms with E-state index >= 15 is 0 Å². The average Bonchev–Trinajstić information content (AvgIpc) is 1.99. The van der Waals surface area contributed by atoms with Gasteiger partial charge in [-0.15, -0.1) is 0 Å². The van der Waals surface area contributed by atoms with Gasteiger partial charge in [-0.3, -0.25) is 0 Å². The fourth-order valence-electron chi connectivity index (χ4n) is 0.573. The molecule has 0 aliphatic heterocycles. The van der Waals surface area contributed by atoms with Crippen molar-refractivity contribution < 1.29 is 8.42 Å². The summed E-state index contributed by atoms with van der Waals surface area (Å²) in [6, 6.07) is 0. The van der Waals surface area contributed by atoms with Gasteiger partial charge in [-0.05, 0) is 6.42 Å². The van der Waals surface area contributed by atoms with Gasteiger partial charge in [0.25, 0.3) is 0 Å². The van der Waals surface area contributed by atoms with E-state index in [9.17, 15) is 8.42 Å². The molecule has 0 saturated heterocycles. The fourth-order valence-corrected chi connectivity index (χ4v) is 1.53. The predicted octanol–water partition coefficient (Wildman–Crippen LogP) is 2.46. The lowest BCUT2D eigenvalue weighted by molar-refractivity contribution is 0.609. The van der Waals surface area contributed by atoms with Crippen LogP contribution in [0.1, 0.15) is 26.2 Å². The zero-order chi connectivity index (χ0) is 8.74. The summed E-state index contributed by atoms with van der Waals surface area (Å²) in [7, 11) is -2.96. The Morgan fingerprint density at radius 1 is 1.45 bits per heavy atom. The number of hydrogen-bond donors (Lipinski definition) is 0. The lowest BCUT2D eigenvalue weighted by Crippen LogP contribution is -1.93. The van der Waals surface area contributed by atoms with Gasteiger partial charge in [0.1, 0.15) is 4.66 Å². The Morgan fingerprint density at radius 2 is 2.09 bits per heavy atom. The highest BCUT2D eigenvalue weighted by Crippen LogP contribution is 2.01. The molecule has 0 bridgehead atoms. The largest absolute Gasteiger partial charge is 0.223 e. The second-order valence-electron chi connectivity index (χ2n) is 2.29. The number of allylic oxidation sites excluding steroid dienone is 1. The van der Waals surface area contributed by atoms with Gasteiger partial charge in [-0.2, -0.15) is 0 Å². The van der Waals surface area contributed by atoms with E-state index in [-0.39, 0.29) is 4.66 Å². The molecule has 2 nitrogen and oxygen atoms in total. The molecule has 0 unspecified atom stereocenters. The molecule has 0 atom stereocenters. The van der Waals surface area contributed by atoms with Gasteiger partial charge in [-0.1, -0.05) is 41.8 Å². The Kier molecular flexibility index (Phi) is 5.86. The molecule has 0 radical (unpaired) electrons. The van der Waals surface area contributed by atoms with Crippen LogP contribution in [0.4, 0.5) is 0 Å². The van der Waals surface area contributed by atoms with E-state index in [1.165, 1.54) is 5.41 Å². The molecule has 0 N–H and O–H groups in total. The van der Waals surface area contributed by atoms with Crippen molar-refractivity contribution in [3.8, 4) is 0 Å². The van der Waals surface area contributed by atoms with E-state index in [4.69, 9.17) is 0 Å². The molecular formula is C7H13BrO2S. The molecule has 0 aliphatic carbocycles. The number of alkyl halides is 1. The summed E-state index contributed by atoms with van der Waals surface area (Å²) in [5.74, 6) is 0. The van der Waals surface area contributed by atoms with Crippen molar-refractivity contribution in [3.05, 3.63) is 11.5 Å². The second kappa shape index (κ2) is 5.77. The first kappa shape index (κ1) is 11.2. The van der Waals surface area contributed by atoms with Crippen molar-refractivity contribution in [3.63, 3.8) is 0 Å². The Labute approximate surface area is 76.7 Å². The minimum atomic E-state index is -2.96. The third kappa shape index (κ3) is 6.56. The smallest absolute Gasteiger partial charge is 0.181 e. The zero-order valence-corrected chi connectivity index (χ0v) is 8.99. The molecule has 0 heterocycles. The van der Waals surface area contributed by atoms with Crippen LogP contribution in [0.5, 0.6) is 0 Å². The maximum atomic E-state index is 10.8. The minimum Gasteiger partial charge on any atom is -0.223 e. The van der Waals surface area contributed by atoms with Crippen LogP contribution < -0.4 is 0 Å². The lowest BCUT2D eigenvalue weighted by Gasteiger charge is -1.90. The van der Waals surface area contributed by atoms with Crippen LogP contribution in [-0.4, -0.2) is 13.1 Å². The Morgan fingerprint density at radius 3 is 2.55 bits per heavy atom. The third-order valence-corrected chi connectivity index (χ3v) is 4.01. The number of unbranched alkanes of at least 4 members (excludes halogenated alkanes) is 2. The Hall–Kier alpha value is 0.170. The van der Waals surface area contributed by atoms with Crippen molar-refractivity contribution in [2.75, 3.05) is 4.66 Å². The van der Waals surface area contributed by atoms with Crippen molar-refractivity contribution in [2.45, 2.75) is 26.2 Å². The predicted molar refractivity (Wildman–Crippen MR) is 51.4 cm³/mol. The minimum absolute atomic E-state index is 0.0165. The topological polar surface area (TPSA) is 34.1 Å². The van der Waals surface area contributed by atoms with Gasteiger partial charge in [0, 0.05) is 5.41 Å². The third-order valence-electron chi connectivity index (χ3n) is 1.18. The number of halogens is 1. The summed E-state index contributed by atoms with van der Waals surface area (Å²) < 4.78 is 21.7. The molecule has 4 heteroatoms. The van der Waals surface area contributed by atoms with E-state index in [2.05, 4.69) is 22.9 Å². The van der Waals surface area contributed by atoms with Crippen LogP contribution in [0.2, 0.25) is 0 Å². The van der Waals surface area contributed by atoms with Crippen molar-refractivity contribution >= 4 is 25.8 Å². The summed E-state index contributed by atoms with van der Waals surface area (Å²) in [6.07, 6.45) is 4.70. The number of hydrogen-bond acceptors (Lipinski definition) is 2. The van der Waals surface area contributed by atoms with Crippen LogP contribution in [0.25, 0.3) is 0 Å². The molecule has 66 valence electrons. The van der Waals surface area contributed by atoms with E-state index in [0.29, 0.717) is 0 Å². The maximum absolute atomic E-state index is 10.8. The lowest BCUT2D eigenvalue weighted by atomic mass is 10.2. The molecule has 0 fully saturated rings. The standard InChI is InChI=1S/C7H13BrO2S/c1-2-3-4-5-6-11(9,10)7-8/h5-6H,2-4,7H2,1H3. The van der Waals surface area contributed by atoms with Gasteiger partial charge in [0.15, 0.2) is 9.84 Å². The SMILES string of the molecule is CCCCC=CS(=O)(=O)CBr. The summed E-state index contributed by atoms with van der Waals surface area (Å²) >= 11 is 2.90. The molecule has 0 aliphatic rings. The molecule has 0 saturated carbocycles. The Bertz CT molecular complexity index is 206. The maximum Gasteiger partial charge on any atom is 0.181 e. The Balaban J connectivity index is 3.74. The summed E-state index contributed by atoms with van der Waals surface area (Å²) in [5.41, 5.74) is 0. The molecular weight excluding hydrogens is 228 g/mol. The van der Waals surface area contributed by atoms with E-state index in [0.717, 1.165) is 19.3 Å². The first-order chi connectivity index (χ1) is 5.12.